The predicted octanol–water partition coefficient (Wildman–Crippen LogP) is 4.63. The fourth-order valence-corrected chi connectivity index (χ4v) is 3.29. The van der Waals surface area contributed by atoms with Gasteiger partial charge in [-0.3, -0.25) is 0 Å². The molecule has 0 spiro atoms. The van der Waals surface area contributed by atoms with Crippen LogP contribution in [0.3, 0.4) is 0 Å². The molecule has 0 saturated carbocycles. The highest BCUT2D eigenvalue weighted by Crippen LogP contribution is 2.23. The van der Waals surface area contributed by atoms with E-state index in [1.807, 2.05) is 11.8 Å². The van der Waals surface area contributed by atoms with E-state index in [9.17, 15) is 0 Å². The van der Waals surface area contributed by atoms with Crippen molar-refractivity contribution in [3.63, 3.8) is 0 Å². The first kappa shape index (κ1) is 14.4. The maximum Gasteiger partial charge on any atom is 0.0411 e. The molecule has 2 rings (SSSR count). The lowest BCUT2D eigenvalue weighted by molar-refractivity contribution is 0.606. The second-order valence-electron chi connectivity index (χ2n) is 4.79. The molecule has 1 atom stereocenters. The highest BCUT2D eigenvalue weighted by molar-refractivity contribution is 7.99. The van der Waals surface area contributed by atoms with Gasteiger partial charge < -0.3 is 5.32 Å². The molecule has 0 aliphatic heterocycles. The minimum Gasteiger partial charge on any atom is -0.310 e. The molecule has 1 N–H and O–H groups in total. The van der Waals surface area contributed by atoms with Gasteiger partial charge in [0, 0.05) is 11.8 Å². The second kappa shape index (κ2) is 7.56. The summed E-state index contributed by atoms with van der Waals surface area (Å²) in [4.78, 5) is 0. The van der Waals surface area contributed by atoms with Gasteiger partial charge in [-0.05, 0) is 41.1 Å². The molecule has 2 aromatic carbocycles. The second-order valence-corrected chi connectivity index (χ2v) is 5.94. The van der Waals surface area contributed by atoms with Gasteiger partial charge in [0.25, 0.3) is 0 Å². The number of fused-ring (bicyclic) bond motifs is 1. The van der Waals surface area contributed by atoms with E-state index in [4.69, 9.17) is 0 Å². The van der Waals surface area contributed by atoms with Crippen LogP contribution in [0, 0.1) is 0 Å². The van der Waals surface area contributed by atoms with Gasteiger partial charge in [0.15, 0.2) is 0 Å². The van der Waals surface area contributed by atoms with Crippen LogP contribution in [-0.2, 0) is 0 Å². The maximum absolute atomic E-state index is 3.60. The first-order chi connectivity index (χ1) is 9.35. The lowest BCUT2D eigenvalue weighted by atomic mass is 10.0. The van der Waals surface area contributed by atoms with E-state index >= 15 is 0 Å². The lowest BCUT2D eigenvalue weighted by Crippen LogP contribution is -2.23. The highest BCUT2D eigenvalue weighted by atomic mass is 32.2. The van der Waals surface area contributed by atoms with Crippen LogP contribution in [0.4, 0.5) is 0 Å². The van der Waals surface area contributed by atoms with E-state index in [1.54, 1.807) is 0 Å². The molecule has 0 aromatic heterocycles. The quantitative estimate of drug-likeness (QED) is 0.738. The van der Waals surface area contributed by atoms with Crippen molar-refractivity contribution < 1.29 is 0 Å². The minimum atomic E-state index is 0.464. The molecule has 0 heterocycles. The van der Waals surface area contributed by atoms with Crippen molar-refractivity contribution in [3.8, 4) is 0 Å². The van der Waals surface area contributed by atoms with E-state index in [1.165, 1.54) is 28.5 Å². The Hall–Kier alpha value is -0.990. The Balaban J connectivity index is 2.17. The minimum absolute atomic E-state index is 0.464. The van der Waals surface area contributed by atoms with Gasteiger partial charge in [-0.1, -0.05) is 50.2 Å². The van der Waals surface area contributed by atoms with E-state index in [2.05, 4.69) is 61.6 Å². The van der Waals surface area contributed by atoms with Gasteiger partial charge in [0.2, 0.25) is 0 Å². The number of rotatable bonds is 7. The number of thioether (sulfide) groups is 1. The summed E-state index contributed by atoms with van der Waals surface area (Å²) < 4.78 is 0. The molecule has 102 valence electrons. The van der Waals surface area contributed by atoms with Gasteiger partial charge in [-0.2, -0.15) is 11.8 Å². The van der Waals surface area contributed by atoms with Crippen molar-refractivity contribution in [3.05, 3.63) is 48.0 Å². The first-order valence-electron chi connectivity index (χ1n) is 7.15. The lowest BCUT2D eigenvalue weighted by Gasteiger charge is -2.18. The van der Waals surface area contributed by atoms with E-state index in [0.717, 1.165) is 12.3 Å². The SMILES string of the molecule is CCCSCC(NCC)c1ccc2ccccc2c1. The number of hydrogen-bond donors (Lipinski definition) is 1. The summed E-state index contributed by atoms with van der Waals surface area (Å²) >= 11 is 2.04. The summed E-state index contributed by atoms with van der Waals surface area (Å²) in [5.74, 6) is 2.40. The third kappa shape index (κ3) is 3.99. The summed E-state index contributed by atoms with van der Waals surface area (Å²) in [5.41, 5.74) is 1.41. The van der Waals surface area contributed by atoms with Gasteiger partial charge in [-0.25, -0.2) is 0 Å². The molecule has 1 unspecified atom stereocenters. The van der Waals surface area contributed by atoms with E-state index < -0.39 is 0 Å². The molecule has 2 heteroatoms. The zero-order chi connectivity index (χ0) is 13.5. The maximum atomic E-state index is 3.60. The molecule has 0 bridgehead atoms. The first-order valence-corrected chi connectivity index (χ1v) is 8.30. The number of hydrogen-bond acceptors (Lipinski definition) is 2. The van der Waals surface area contributed by atoms with Gasteiger partial charge in [0.1, 0.15) is 0 Å². The number of benzene rings is 2. The number of nitrogens with one attached hydrogen (secondary N) is 1. The van der Waals surface area contributed by atoms with Crippen LogP contribution in [0.2, 0.25) is 0 Å². The Bertz CT molecular complexity index is 509. The zero-order valence-electron chi connectivity index (χ0n) is 11.9. The monoisotopic (exact) mass is 273 g/mol. The van der Waals surface area contributed by atoms with Crippen LogP contribution >= 0.6 is 11.8 Å². The Kier molecular flexibility index (Phi) is 5.74. The topological polar surface area (TPSA) is 12.0 Å². The molecule has 0 radical (unpaired) electrons. The Morgan fingerprint density at radius 1 is 1.05 bits per heavy atom. The predicted molar refractivity (Wildman–Crippen MR) is 88.0 cm³/mol. The third-order valence-corrected chi connectivity index (χ3v) is 4.53. The van der Waals surface area contributed by atoms with Gasteiger partial charge in [0.05, 0.1) is 0 Å². The molecule has 19 heavy (non-hydrogen) atoms. The largest absolute Gasteiger partial charge is 0.310 e. The van der Waals surface area contributed by atoms with Crippen molar-refractivity contribution in [2.45, 2.75) is 26.3 Å². The van der Waals surface area contributed by atoms with Gasteiger partial charge in [-0.15, -0.1) is 0 Å². The normalized spacial score (nSPS) is 12.7. The van der Waals surface area contributed by atoms with E-state index in [0.29, 0.717) is 6.04 Å². The average Bonchev–Trinajstić information content (AvgIpc) is 2.46. The molecule has 0 aliphatic rings. The molecule has 1 nitrogen and oxygen atoms in total. The smallest absolute Gasteiger partial charge is 0.0411 e. The average molecular weight is 273 g/mol. The fraction of sp³-hybridized carbons (Fsp3) is 0.412. The third-order valence-electron chi connectivity index (χ3n) is 3.26. The standard InChI is InChI=1S/C17H23NS/c1-3-11-19-13-17(18-4-2)16-10-9-14-7-5-6-8-15(14)12-16/h5-10,12,17-18H,3-4,11,13H2,1-2H3. The van der Waals surface area contributed by atoms with Crippen LogP contribution in [0.5, 0.6) is 0 Å². The highest BCUT2D eigenvalue weighted by Gasteiger charge is 2.10. The Labute approximate surface area is 120 Å². The summed E-state index contributed by atoms with van der Waals surface area (Å²) in [5, 5.41) is 6.26. The van der Waals surface area contributed by atoms with Crippen LogP contribution < -0.4 is 5.32 Å². The van der Waals surface area contributed by atoms with Crippen molar-refractivity contribution in [1.82, 2.24) is 5.32 Å². The molecule has 0 fully saturated rings. The molecule has 0 amide bonds. The fourth-order valence-electron chi connectivity index (χ4n) is 2.29. The summed E-state index contributed by atoms with van der Waals surface area (Å²) in [6.45, 7) is 5.44. The molecule has 2 aromatic rings. The molecular weight excluding hydrogens is 250 g/mol. The van der Waals surface area contributed by atoms with E-state index in [-0.39, 0.29) is 0 Å². The molecule has 0 aliphatic carbocycles. The van der Waals surface area contributed by atoms with Crippen molar-refractivity contribution >= 4 is 22.5 Å². The van der Waals surface area contributed by atoms with Gasteiger partial charge >= 0.3 is 0 Å². The molecular formula is C17H23NS. The van der Waals surface area contributed by atoms with Crippen molar-refractivity contribution in [2.24, 2.45) is 0 Å². The zero-order valence-corrected chi connectivity index (χ0v) is 12.7. The summed E-state index contributed by atoms with van der Waals surface area (Å²) in [7, 11) is 0. The Morgan fingerprint density at radius 2 is 1.84 bits per heavy atom. The Morgan fingerprint density at radius 3 is 2.58 bits per heavy atom. The van der Waals surface area contributed by atoms with Crippen LogP contribution in [-0.4, -0.2) is 18.1 Å². The van der Waals surface area contributed by atoms with Crippen LogP contribution in [0.15, 0.2) is 42.5 Å². The van der Waals surface area contributed by atoms with Crippen molar-refractivity contribution in [2.75, 3.05) is 18.1 Å². The molecule has 0 saturated heterocycles. The van der Waals surface area contributed by atoms with Crippen molar-refractivity contribution in [1.29, 1.82) is 0 Å². The summed E-state index contributed by atoms with van der Waals surface area (Å²) in [6.07, 6.45) is 1.25. The van der Waals surface area contributed by atoms with Crippen LogP contribution in [0.25, 0.3) is 10.8 Å². The van der Waals surface area contributed by atoms with Crippen LogP contribution in [0.1, 0.15) is 31.9 Å². The summed E-state index contributed by atoms with van der Waals surface area (Å²) in [6, 6.07) is 15.9.